The Kier molecular flexibility index (Phi) is 7.51. The van der Waals surface area contributed by atoms with Gasteiger partial charge in [-0.1, -0.05) is 42.5 Å². The summed E-state index contributed by atoms with van der Waals surface area (Å²) in [5.74, 6) is 1.44. The number of benzene rings is 3. The Morgan fingerprint density at radius 3 is 2.32 bits per heavy atom. The highest BCUT2D eigenvalue weighted by Crippen LogP contribution is 2.28. The molecule has 0 saturated carbocycles. The van der Waals surface area contributed by atoms with Crippen LogP contribution in [-0.4, -0.2) is 34.3 Å². The van der Waals surface area contributed by atoms with E-state index >= 15 is 0 Å². The zero-order chi connectivity index (χ0) is 22.3. The van der Waals surface area contributed by atoms with E-state index in [0.29, 0.717) is 23.6 Å². The Bertz CT molecular complexity index is 1100. The minimum absolute atomic E-state index is 0.0454. The van der Waals surface area contributed by atoms with Gasteiger partial charge in [-0.3, -0.25) is 0 Å². The van der Waals surface area contributed by atoms with Crippen molar-refractivity contribution in [3.63, 3.8) is 0 Å². The van der Waals surface area contributed by atoms with Crippen LogP contribution in [-0.2, 0) is 16.7 Å². The van der Waals surface area contributed by atoms with Crippen LogP contribution in [0.1, 0.15) is 17.2 Å². The zero-order valence-corrected chi connectivity index (χ0v) is 18.1. The quantitative estimate of drug-likeness (QED) is 0.464. The van der Waals surface area contributed by atoms with E-state index in [9.17, 15) is 13.5 Å². The normalized spacial score (nSPS) is 12.2. The van der Waals surface area contributed by atoms with Crippen LogP contribution in [0, 0.1) is 0 Å². The molecule has 3 aromatic carbocycles. The standard InChI is InChI=1S/C23H25NO6S/c1-28-18-13-12-17(23(14-18)29-2)15-24-16-21(25)20-10-6-7-11-22(20)30-31(26,27)19-8-4-3-5-9-19/h3-14,21,24-25H,15-16H2,1-2H3/t21-/m0/s1. The van der Waals surface area contributed by atoms with Gasteiger partial charge in [-0.15, -0.1) is 0 Å². The summed E-state index contributed by atoms with van der Waals surface area (Å²) in [7, 11) is -0.847. The lowest BCUT2D eigenvalue weighted by molar-refractivity contribution is 0.172. The van der Waals surface area contributed by atoms with Crippen molar-refractivity contribution in [3.8, 4) is 17.2 Å². The smallest absolute Gasteiger partial charge is 0.339 e. The monoisotopic (exact) mass is 443 g/mol. The Labute approximate surface area is 182 Å². The molecule has 0 unspecified atom stereocenters. The first-order chi connectivity index (χ1) is 14.9. The third kappa shape index (κ3) is 5.75. The van der Waals surface area contributed by atoms with Crippen molar-refractivity contribution < 1.29 is 27.2 Å². The summed E-state index contributed by atoms with van der Waals surface area (Å²) >= 11 is 0. The largest absolute Gasteiger partial charge is 0.497 e. The lowest BCUT2D eigenvalue weighted by atomic mass is 10.1. The minimum Gasteiger partial charge on any atom is -0.497 e. The molecule has 7 nitrogen and oxygen atoms in total. The number of hydrogen-bond acceptors (Lipinski definition) is 7. The van der Waals surface area contributed by atoms with Crippen molar-refractivity contribution >= 4 is 10.1 Å². The fourth-order valence-corrected chi connectivity index (χ4v) is 4.01. The van der Waals surface area contributed by atoms with E-state index in [-0.39, 0.29) is 17.2 Å². The summed E-state index contributed by atoms with van der Waals surface area (Å²) in [5.41, 5.74) is 1.27. The van der Waals surface area contributed by atoms with Crippen LogP contribution in [0.4, 0.5) is 0 Å². The number of ether oxygens (including phenoxy) is 2. The highest BCUT2D eigenvalue weighted by Gasteiger charge is 2.21. The van der Waals surface area contributed by atoms with E-state index in [1.807, 2.05) is 12.1 Å². The maximum absolute atomic E-state index is 12.6. The molecule has 3 aromatic rings. The van der Waals surface area contributed by atoms with E-state index in [1.165, 1.54) is 18.2 Å². The number of aliphatic hydroxyl groups is 1. The Morgan fingerprint density at radius 2 is 1.61 bits per heavy atom. The molecule has 0 aliphatic carbocycles. The molecule has 0 heterocycles. The molecule has 0 bridgehead atoms. The second-order valence-corrected chi connectivity index (χ2v) is 8.26. The lowest BCUT2D eigenvalue weighted by Crippen LogP contribution is -2.22. The van der Waals surface area contributed by atoms with Gasteiger partial charge in [-0.05, 0) is 24.3 Å². The van der Waals surface area contributed by atoms with Gasteiger partial charge in [0.25, 0.3) is 0 Å². The Hall–Kier alpha value is -3.07. The van der Waals surface area contributed by atoms with Crippen molar-refractivity contribution in [2.24, 2.45) is 0 Å². The molecule has 2 N–H and O–H groups in total. The molecule has 31 heavy (non-hydrogen) atoms. The first-order valence-electron chi connectivity index (χ1n) is 9.62. The van der Waals surface area contributed by atoms with E-state index < -0.39 is 16.2 Å². The third-order valence-electron chi connectivity index (χ3n) is 4.66. The Balaban J connectivity index is 1.69. The fourth-order valence-electron chi connectivity index (χ4n) is 3.04. The molecule has 0 radical (unpaired) electrons. The first-order valence-corrected chi connectivity index (χ1v) is 11.0. The molecule has 0 aliphatic heterocycles. The van der Waals surface area contributed by atoms with Gasteiger partial charge >= 0.3 is 10.1 Å². The van der Waals surface area contributed by atoms with Crippen molar-refractivity contribution in [1.29, 1.82) is 0 Å². The molecule has 0 saturated heterocycles. The SMILES string of the molecule is COc1ccc(CNC[C@H](O)c2ccccc2OS(=O)(=O)c2ccccc2)c(OC)c1. The lowest BCUT2D eigenvalue weighted by Gasteiger charge is -2.17. The van der Waals surface area contributed by atoms with Gasteiger partial charge in [-0.25, -0.2) is 0 Å². The maximum Gasteiger partial charge on any atom is 0.339 e. The highest BCUT2D eigenvalue weighted by atomic mass is 32.2. The number of rotatable bonds is 10. The number of para-hydroxylation sites is 1. The Morgan fingerprint density at radius 1 is 0.903 bits per heavy atom. The predicted molar refractivity (Wildman–Crippen MR) is 117 cm³/mol. The number of methoxy groups -OCH3 is 2. The van der Waals surface area contributed by atoms with Crippen molar-refractivity contribution in [2.45, 2.75) is 17.5 Å². The summed E-state index contributed by atoms with van der Waals surface area (Å²) in [4.78, 5) is 0.0454. The summed E-state index contributed by atoms with van der Waals surface area (Å²) in [5, 5.41) is 13.8. The van der Waals surface area contributed by atoms with Gasteiger partial charge in [0, 0.05) is 30.3 Å². The van der Waals surface area contributed by atoms with Crippen LogP contribution in [0.15, 0.2) is 77.7 Å². The van der Waals surface area contributed by atoms with Crippen molar-refractivity contribution in [2.75, 3.05) is 20.8 Å². The van der Waals surface area contributed by atoms with E-state index in [1.54, 1.807) is 56.7 Å². The molecule has 0 aliphatic rings. The van der Waals surface area contributed by atoms with Crippen molar-refractivity contribution in [3.05, 3.63) is 83.9 Å². The molecule has 8 heteroatoms. The molecule has 1 atom stereocenters. The predicted octanol–water partition coefficient (Wildman–Crippen LogP) is 3.29. The summed E-state index contributed by atoms with van der Waals surface area (Å²) in [6, 6.07) is 19.9. The number of hydrogen-bond donors (Lipinski definition) is 2. The summed E-state index contributed by atoms with van der Waals surface area (Å²) in [6.45, 7) is 0.622. The van der Waals surface area contributed by atoms with Gasteiger partial charge in [0.2, 0.25) is 0 Å². The molecule has 3 rings (SSSR count). The third-order valence-corrected chi connectivity index (χ3v) is 5.91. The average Bonchev–Trinajstić information content (AvgIpc) is 2.79. The first kappa shape index (κ1) is 22.6. The summed E-state index contributed by atoms with van der Waals surface area (Å²) < 4.78 is 41.0. The van der Waals surface area contributed by atoms with E-state index in [0.717, 1.165) is 5.56 Å². The van der Waals surface area contributed by atoms with E-state index in [2.05, 4.69) is 5.32 Å². The molecular formula is C23H25NO6S. The number of aliphatic hydroxyl groups excluding tert-OH is 1. The maximum atomic E-state index is 12.6. The molecule has 0 fully saturated rings. The molecule has 0 spiro atoms. The number of nitrogens with one attached hydrogen (secondary N) is 1. The van der Waals surface area contributed by atoms with Gasteiger partial charge in [-0.2, -0.15) is 8.42 Å². The van der Waals surface area contributed by atoms with E-state index in [4.69, 9.17) is 13.7 Å². The van der Waals surface area contributed by atoms with Gasteiger partial charge < -0.3 is 24.1 Å². The zero-order valence-electron chi connectivity index (χ0n) is 17.3. The van der Waals surface area contributed by atoms with Gasteiger partial charge in [0.05, 0.1) is 20.3 Å². The molecule has 0 amide bonds. The van der Waals surface area contributed by atoms with Crippen LogP contribution in [0.5, 0.6) is 17.2 Å². The minimum atomic E-state index is -4.01. The van der Waals surface area contributed by atoms with Crippen LogP contribution in [0.25, 0.3) is 0 Å². The second kappa shape index (κ2) is 10.3. The topological polar surface area (TPSA) is 94.1 Å². The van der Waals surface area contributed by atoms with Crippen LogP contribution >= 0.6 is 0 Å². The van der Waals surface area contributed by atoms with Crippen LogP contribution in [0.3, 0.4) is 0 Å². The van der Waals surface area contributed by atoms with Crippen LogP contribution < -0.4 is 19.0 Å². The van der Waals surface area contributed by atoms with Gasteiger partial charge in [0.15, 0.2) is 0 Å². The van der Waals surface area contributed by atoms with Crippen molar-refractivity contribution in [1.82, 2.24) is 5.32 Å². The highest BCUT2D eigenvalue weighted by molar-refractivity contribution is 7.87. The van der Waals surface area contributed by atoms with Crippen LogP contribution in [0.2, 0.25) is 0 Å². The fraction of sp³-hybridized carbons (Fsp3) is 0.217. The second-order valence-electron chi connectivity index (χ2n) is 6.71. The molecule has 0 aromatic heterocycles. The average molecular weight is 444 g/mol. The molecular weight excluding hydrogens is 418 g/mol. The van der Waals surface area contributed by atoms with Gasteiger partial charge in [0.1, 0.15) is 22.1 Å². The summed E-state index contributed by atoms with van der Waals surface area (Å²) in [6.07, 6.45) is -0.980. The molecule has 164 valence electrons.